The topological polar surface area (TPSA) is 63.3 Å². The third-order valence-corrected chi connectivity index (χ3v) is 6.81. The zero-order valence-corrected chi connectivity index (χ0v) is 14.6. The Labute approximate surface area is 147 Å². The molecule has 4 aliphatic rings. The normalized spacial score (nSPS) is 33.8. The van der Waals surface area contributed by atoms with Gasteiger partial charge in [0, 0.05) is 5.41 Å². The van der Waals surface area contributed by atoms with Crippen LogP contribution in [0.5, 0.6) is 0 Å². The highest BCUT2D eigenvalue weighted by molar-refractivity contribution is 5.98. The molecule has 0 saturated heterocycles. The zero-order chi connectivity index (χ0) is 17.0. The van der Waals surface area contributed by atoms with E-state index in [0.29, 0.717) is 5.71 Å². The van der Waals surface area contributed by atoms with Crippen LogP contribution in [-0.4, -0.2) is 25.9 Å². The van der Waals surface area contributed by atoms with Gasteiger partial charge in [-0.15, -0.1) is 5.10 Å². The maximum atomic E-state index is 8.94. The van der Waals surface area contributed by atoms with E-state index in [2.05, 4.69) is 15.5 Å². The van der Waals surface area contributed by atoms with Crippen LogP contribution in [0.15, 0.2) is 35.6 Å². The minimum absolute atomic E-state index is 0.277. The van der Waals surface area contributed by atoms with Crippen LogP contribution in [0.1, 0.15) is 56.7 Å². The van der Waals surface area contributed by atoms with Gasteiger partial charge in [0.1, 0.15) is 0 Å². The fourth-order valence-electron chi connectivity index (χ4n) is 6.11. The number of benzene rings is 1. The summed E-state index contributed by atoms with van der Waals surface area (Å²) < 4.78 is 2.04. The largest absolute Gasteiger partial charge is 0.411 e. The van der Waals surface area contributed by atoms with E-state index in [4.69, 9.17) is 5.21 Å². The molecule has 1 heterocycles. The molecular formula is C20H24N4O. The van der Waals surface area contributed by atoms with Gasteiger partial charge in [-0.05, 0) is 80.9 Å². The van der Waals surface area contributed by atoms with Crippen LogP contribution >= 0.6 is 0 Å². The first-order valence-electron chi connectivity index (χ1n) is 9.37. The van der Waals surface area contributed by atoms with Gasteiger partial charge in [0.25, 0.3) is 0 Å². The Balaban J connectivity index is 1.52. The van der Waals surface area contributed by atoms with E-state index in [0.717, 1.165) is 29.0 Å². The molecule has 0 amide bonds. The van der Waals surface area contributed by atoms with Crippen LogP contribution < -0.4 is 0 Å². The predicted molar refractivity (Wildman–Crippen MR) is 95.2 cm³/mol. The molecule has 6 rings (SSSR count). The second-order valence-electron chi connectivity index (χ2n) is 8.46. The van der Waals surface area contributed by atoms with Gasteiger partial charge in [0.05, 0.1) is 23.3 Å². The smallest absolute Gasteiger partial charge is 0.0836 e. The molecule has 1 aromatic carbocycles. The van der Waals surface area contributed by atoms with Gasteiger partial charge in [-0.25, -0.2) is 4.68 Å². The van der Waals surface area contributed by atoms with Crippen LogP contribution in [0.25, 0.3) is 5.69 Å². The first-order valence-corrected chi connectivity index (χ1v) is 9.37. The summed E-state index contributed by atoms with van der Waals surface area (Å²) in [7, 11) is 0. The number of nitrogens with zero attached hydrogens (tertiary/aromatic N) is 4. The Morgan fingerprint density at radius 3 is 2.24 bits per heavy atom. The second kappa shape index (κ2) is 5.41. The van der Waals surface area contributed by atoms with E-state index in [9.17, 15) is 0 Å². The number of aromatic nitrogens is 3. The van der Waals surface area contributed by atoms with Crippen LogP contribution in [0, 0.1) is 17.8 Å². The number of oxime groups is 1. The Bertz CT molecular complexity index is 785. The minimum atomic E-state index is 0.277. The fourth-order valence-corrected chi connectivity index (χ4v) is 6.11. The van der Waals surface area contributed by atoms with Crippen molar-refractivity contribution in [1.29, 1.82) is 0 Å². The van der Waals surface area contributed by atoms with Crippen molar-refractivity contribution in [2.45, 2.75) is 50.9 Å². The van der Waals surface area contributed by atoms with Crippen molar-refractivity contribution in [3.05, 3.63) is 41.7 Å². The summed E-state index contributed by atoms with van der Waals surface area (Å²) in [5, 5.41) is 20.9. The highest BCUT2D eigenvalue weighted by Crippen LogP contribution is 2.60. The molecule has 4 aliphatic carbocycles. The first-order chi connectivity index (χ1) is 12.2. The molecule has 4 bridgehead atoms. The van der Waals surface area contributed by atoms with E-state index in [1.54, 1.807) is 6.92 Å². The lowest BCUT2D eigenvalue weighted by molar-refractivity contribution is -0.00828. The van der Waals surface area contributed by atoms with Gasteiger partial charge in [-0.2, -0.15) is 0 Å². The van der Waals surface area contributed by atoms with E-state index in [1.807, 2.05) is 35.1 Å². The van der Waals surface area contributed by atoms with E-state index in [1.165, 1.54) is 44.2 Å². The Morgan fingerprint density at radius 1 is 1.08 bits per heavy atom. The lowest BCUT2D eigenvalue weighted by Crippen LogP contribution is -2.49. The number of rotatable bonds is 3. The van der Waals surface area contributed by atoms with Gasteiger partial charge in [-0.3, -0.25) is 0 Å². The van der Waals surface area contributed by atoms with Crippen molar-refractivity contribution in [2.75, 3.05) is 0 Å². The van der Waals surface area contributed by atoms with Gasteiger partial charge in [0.2, 0.25) is 0 Å². The average Bonchev–Trinajstić information content (AvgIpc) is 3.11. The summed E-state index contributed by atoms with van der Waals surface area (Å²) in [6.45, 7) is 1.80. The molecule has 130 valence electrons. The maximum absolute atomic E-state index is 8.94. The van der Waals surface area contributed by atoms with E-state index in [-0.39, 0.29) is 5.41 Å². The summed E-state index contributed by atoms with van der Waals surface area (Å²) >= 11 is 0. The molecule has 0 radical (unpaired) electrons. The SMILES string of the molecule is C/C(=N/O)c1ccc(-n2nncc2C23CC4CC(CC(C4)C2)C3)cc1. The number of hydrogen-bond donors (Lipinski definition) is 1. The van der Waals surface area contributed by atoms with E-state index >= 15 is 0 Å². The van der Waals surface area contributed by atoms with Crippen LogP contribution in [-0.2, 0) is 5.41 Å². The van der Waals surface area contributed by atoms with E-state index < -0.39 is 0 Å². The average molecular weight is 336 g/mol. The summed E-state index contributed by atoms with van der Waals surface area (Å²) in [4.78, 5) is 0. The van der Waals surface area contributed by atoms with Gasteiger partial charge in [-0.1, -0.05) is 22.5 Å². The second-order valence-corrected chi connectivity index (χ2v) is 8.46. The molecule has 5 heteroatoms. The summed E-state index contributed by atoms with van der Waals surface area (Å²) in [5.41, 5.74) is 4.15. The van der Waals surface area contributed by atoms with Crippen molar-refractivity contribution in [3.8, 4) is 5.69 Å². The molecule has 4 fully saturated rings. The van der Waals surface area contributed by atoms with Crippen molar-refractivity contribution < 1.29 is 5.21 Å². The number of hydrogen-bond acceptors (Lipinski definition) is 4. The fraction of sp³-hybridized carbons (Fsp3) is 0.550. The predicted octanol–water partition coefficient (Wildman–Crippen LogP) is 3.93. The standard InChI is InChI=1S/C20H24N4O/c1-13(22-25)17-2-4-18(5-3-17)24-19(12-21-23-24)20-9-14-6-15(10-20)8-16(7-14)11-20/h2-5,12,14-16,25H,6-11H2,1H3/b22-13-. The van der Waals surface area contributed by atoms with Gasteiger partial charge in [0.15, 0.2) is 0 Å². The third kappa shape index (κ3) is 2.32. The molecule has 2 aromatic rings. The molecule has 1 N–H and O–H groups in total. The van der Waals surface area contributed by atoms with Crippen molar-refractivity contribution in [1.82, 2.24) is 15.0 Å². The minimum Gasteiger partial charge on any atom is -0.411 e. The lowest BCUT2D eigenvalue weighted by atomic mass is 9.49. The first kappa shape index (κ1) is 15.1. The lowest BCUT2D eigenvalue weighted by Gasteiger charge is -2.56. The Hall–Kier alpha value is -2.17. The molecule has 0 unspecified atom stereocenters. The summed E-state index contributed by atoms with van der Waals surface area (Å²) in [6, 6.07) is 8.05. The van der Waals surface area contributed by atoms with Crippen LogP contribution in [0.4, 0.5) is 0 Å². The highest BCUT2D eigenvalue weighted by Gasteiger charge is 2.53. The highest BCUT2D eigenvalue weighted by atomic mass is 16.4. The molecule has 0 atom stereocenters. The quantitative estimate of drug-likeness (QED) is 0.525. The van der Waals surface area contributed by atoms with Gasteiger partial charge >= 0.3 is 0 Å². The van der Waals surface area contributed by atoms with Crippen molar-refractivity contribution in [2.24, 2.45) is 22.9 Å². The summed E-state index contributed by atoms with van der Waals surface area (Å²) in [6.07, 6.45) is 10.2. The van der Waals surface area contributed by atoms with Crippen LogP contribution in [0.3, 0.4) is 0 Å². The molecule has 5 nitrogen and oxygen atoms in total. The Kier molecular flexibility index (Phi) is 3.27. The Morgan fingerprint density at radius 2 is 1.68 bits per heavy atom. The van der Waals surface area contributed by atoms with Crippen LogP contribution in [0.2, 0.25) is 0 Å². The third-order valence-electron chi connectivity index (χ3n) is 6.81. The van der Waals surface area contributed by atoms with Crippen molar-refractivity contribution in [3.63, 3.8) is 0 Å². The van der Waals surface area contributed by atoms with Gasteiger partial charge < -0.3 is 5.21 Å². The molecule has 0 spiro atoms. The summed E-state index contributed by atoms with van der Waals surface area (Å²) in [5.74, 6) is 2.71. The monoisotopic (exact) mass is 336 g/mol. The van der Waals surface area contributed by atoms with Crippen molar-refractivity contribution >= 4 is 5.71 Å². The molecular weight excluding hydrogens is 312 g/mol. The molecule has 4 saturated carbocycles. The maximum Gasteiger partial charge on any atom is 0.0836 e. The molecule has 0 aliphatic heterocycles. The molecule has 25 heavy (non-hydrogen) atoms. The zero-order valence-electron chi connectivity index (χ0n) is 14.6. The molecule has 1 aromatic heterocycles.